The minimum absolute atomic E-state index is 0.00302. The van der Waals surface area contributed by atoms with Crippen LogP contribution >= 0.6 is 0 Å². The lowest BCUT2D eigenvalue weighted by Gasteiger charge is -2.41. The molecule has 9 rings (SSSR count). The molecule has 0 atom stereocenters. The fourth-order valence-corrected chi connectivity index (χ4v) is 7.83. The van der Waals surface area contributed by atoms with Crippen molar-refractivity contribution in [3.05, 3.63) is 139 Å². The third kappa shape index (κ3) is 4.21. The van der Waals surface area contributed by atoms with Crippen molar-refractivity contribution in [3.8, 4) is 22.6 Å². The number of rotatable bonds is 2. The predicted octanol–water partition coefficient (Wildman–Crippen LogP) is 10.3. The van der Waals surface area contributed by atoms with Gasteiger partial charge in [-0.1, -0.05) is 120 Å². The summed E-state index contributed by atoms with van der Waals surface area (Å²) in [5.41, 5.74) is 14.5. The van der Waals surface area contributed by atoms with E-state index in [1.54, 1.807) is 0 Å². The first kappa shape index (κ1) is 29.0. The van der Waals surface area contributed by atoms with E-state index >= 15 is 0 Å². The zero-order chi connectivity index (χ0) is 32.9. The van der Waals surface area contributed by atoms with E-state index in [9.17, 15) is 0 Å². The predicted molar refractivity (Wildman–Crippen MR) is 204 cm³/mol. The van der Waals surface area contributed by atoms with E-state index in [-0.39, 0.29) is 17.7 Å². The summed E-state index contributed by atoms with van der Waals surface area (Å²) in [6.07, 6.45) is 0. The lowest BCUT2D eigenvalue weighted by Crippen LogP contribution is -2.56. The van der Waals surface area contributed by atoms with Crippen molar-refractivity contribution in [1.82, 2.24) is 4.57 Å². The molecule has 0 saturated carbocycles. The maximum Gasteiger partial charge on any atom is 0.431 e. The summed E-state index contributed by atoms with van der Waals surface area (Å²) in [4.78, 5) is 2.52. The summed E-state index contributed by atoms with van der Waals surface area (Å²) in [6, 6.07) is 46.9. The van der Waals surface area contributed by atoms with Crippen molar-refractivity contribution in [3.63, 3.8) is 0 Å². The van der Waals surface area contributed by atoms with Gasteiger partial charge in [-0.3, -0.25) is 0 Å². The zero-order valence-corrected chi connectivity index (χ0v) is 28.5. The molecule has 0 radical (unpaired) electrons. The highest BCUT2D eigenvalue weighted by atomic mass is 16.4. The Morgan fingerprint density at radius 3 is 1.98 bits per heavy atom. The summed E-state index contributed by atoms with van der Waals surface area (Å²) in [5.74, 6) is 0.928. The van der Waals surface area contributed by atoms with E-state index in [1.807, 2.05) is 0 Å². The Morgan fingerprint density at radius 1 is 0.562 bits per heavy atom. The van der Waals surface area contributed by atoms with Gasteiger partial charge in [0.05, 0.1) is 16.7 Å². The molecular weight excluding hydrogens is 583 g/mol. The molecule has 234 valence electrons. The Balaban J connectivity index is 1.47. The van der Waals surface area contributed by atoms with Crippen LogP contribution < -0.4 is 20.5 Å². The van der Waals surface area contributed by atoms with Crippen molar-refractivity contribution in [2.75, 3.05) is 4.90 Å². The number of aromatic nitrogens is 1. The third-order valence-electron chi connectivity index (χ3n) is 10.3. The van der Waals surface area contributed by atoms with Gasteiger partial charge in [-0.25, -0.2) is 0 Å². The monoisotopic (exact) mass is 622 g/mol. The SMILES string of the molecule is CC(C)(C)c1ccc(N2c3ccc(C(C)(C)C)cc3B3Oc4ccccc4-c4cc5c(c2c43)c2ccccc2n5-c2ccccc2)cc1. The number of hydrogen-bond acceptors (Lipinski definition) is 2. The fourth-order valence-electron chi connectivity index (χ4n) is 7.83. The van der Waals surface area contributed by atoms with Crippen LogP contribution in [-0.4, -0.2) is 11.5 Å². The van der Waals surface area contributed by atoms with Crippen molar-refractivity contribution < 1.29 is 4.65 Å². The number of benzene rings is 6. The number of nitrogens with zero attached hydrogens (tertiary/aromatic N) is 2. The van der Waals surface area contributed by atoms with Gasteiger partial charge in [0, 0.05) is 38.9 Å². The van der Waals surface area contributed by atoms with Crippen LogP contribution in [0.2, 0.25) is 0 Å². The second-order valence-corrected chi connectivity index (χ2v) is 15.4. The molecule has 0 unspecified atom stereocenters. The maximum atomic E-state index is 7.10. The maximum absolute atomic E-state index is 7.10. The molecule has 3 heterocycles. The fraction of sp³-hybridized carbons (Fsp3) is 0.182. The minimum Gasteiger partial charge on any atom is -0.551 e. The molecule has 0 spiro atoms. The minimum atomic E-state index is -0.240. The van der Waals surface area contributed by atoms with Gasteiger partial charge in [-0.15, -0.1) is 0 Å². The first-order valence-electron chi connectivity index (χ1n) is 17.1. The topological polar surface area (TPSA) is 17.4 Å². The van der Waals surface area contributed by atoms with E-state index in [0.717, 1.165) is 22.7 Å². The average Bonchev–Trinajstić information content (AvgIpc) is 3.42. The Labute approximate surface area is 283 Å². The molecule has 0 aliphatic carbocycles. The van der Waals surface area contributed by atoms with E-state index in [4.69, 9.17) is 4.65 Å². The Morgan fingerprint density at radius 2 is 1.23 bits per heavy atom. The summed E-state index contributed by atoms with van der Waals surface area (Å²) < 4.78 is 9.54. The number of anilines is 3. The quantitative estimate of drug-likeness (QED) is 0.179. The normalized spacial score (nSPS) is 13.7. The molecular formula is C44H39BN2O. The van der Waals surface area contributed by atoms with Crippen LogP contribution in [0.4, 0.5) is 17.1 Å². The zero-order valence-electron chi connectivity index (χ0n) is 28.5. The van der Waals surface area contributed by atoms with Crippen molar-refractivity contribution in [2.24, 2.45) is 0 Å². The van der Waals surface area contributed by atoms with Gasteiger partial charge in [0.2, 0.25) is 0 Å². The average molecular weight is 623 g/mol. The largest absolute Gasteiger partial charge is 0.551 e. The molecule has 4 heteroatoms. The van der Waals surface area contributed by atoms with Gasteiger partial charge in [0.15, 0.2) is 0 Å². The molecule has 1 aromatic heterocycles. The highest BCUT2D eigenvalue weighted by molar-refractivity contribution is 6.86. The smallest absolute Gasteiger partial charge is 0.431 e. The molecule has 6 aromatic carbocycles. The summed E-state index contributed by atoms with van der Waals surface area (Å²) >= 11 is 0. The van der Waals surface area contributed by atoms with Crippen LogP contribution in [0.3, 0.4) is 0 Å². The Hall–Kier alpha value is -5.22. The molecule has 0 saturated heterocycles. The van der Waals surface area contributed by atoms with Crippen LogP contribution in [0.1, 0.15) is 52.7 Å². The highest BCUT2D eigenvalue weighted by Crippen LogP contribution is 2.49. The molecule has 7 aromatic rings. The standard InChI is InChI=1S/C44H39BN2O/c1-43(2,3)28-20-23-31(24-21-28)47-37-25-22-29(44(4,5)6)26-35(37)45-41-34(32-16-11-13-19-39(32)48-45)27-38-40(42(41)47)33-17-10-12-18-36(33)46(38)30-14-8-7-9-15-30/h7-27H,1-6H3. The molecule has 0 fully saturated rings. The molecule has 2 aliphatic heterocycles. The van der Waals surface area contributed by atoms with Crippen LogP contribution in [0.25, 0.3) is 38.6 Å². The molecule has 2 aliphatic rings. The number of hydrogen-bond donors (Lipinski definition) is 0. The van der Waals surface area contributed by atoms with Crippen molar-refractivity contribution in [1.29, 1.82) is 0 Å². The molecule has 0 N–H and O–H groups in total. The molecule has 3 nitrogen and oxygen atoms in total. The van der Waals surface area contributed by atoms with Crippen molar-refractivity contribution >= 4 is 56.7 Å². The van der Waals surface area contributed by atoms with Crippen LogP contribution in [0.5, 0.6) is 5.75 Å². The first-order valence-corrected chi connectivity index (χ1v) is 17.1. The molecule has 0 bridgehead atoms. The lowest BCUT2D eigenvalue weighted by atomic mass is 9.49. The van der Waals surface area contributed by atoms with Gasteiger partial charge in [-0.2, -0.15) is 0 Å². The Bertz CT molecular complexity index is 2390. The second-order valence-electron chi connectivity index (χ2n) is 15.4. The second kappa shape index (κ2) is 10.1. The Kier molecular flexibility index (Phi) is 6.12. The van der Waals surface area contributed by atoms with Gasteiger partial charge in [-0.05, 0) is 81.5 Å². The molecule has 0 amide bonds. The summed E-state index contributed by atoms with van der Waals surface area (Å²) in [7, 11) is 0. The van der Waals surface area contributed by atoms with Gasteiger partial charge >= 0.3 is 6.92 Å². The highest BCUT2D eigenvalue weighted by Gasteiger charge is 2.44. The first-order chi connectivity index (χ1) is 23.1. The number of para-hydroxylation sites is 3. The molecule has 48 heavy (non-hydrogen) atoms. The summed E-state index contributed by atoms with van der Waals surface area (Å²) in [5, 5.41) is 2.48. The van der Waals surface area contributed by atoms with Crippen LogP contribution in [0, 0.1) is 0 Å². The van der Waals surface area contributed by atoms with E-state index < -0.39 is 0 Å². The lowest BCUT2D eigenvalue weighted by molar-refractivity contribution is 0.585. The van der Waals surface area contributed by atoms with Crippen molar-refractivity contribution in [2.45, 2.75) is 52.4 Å². The van der Waals surface area contributed by atoms with E-state index in [2.05, 4.69) is 178 Å². The number of fused-ring (bicyclic) bond motifs is 8. The third-order valence-corrected chi connectivity index (χ3v) is 10.3. The van der Waals surface area contributed by atoms with Gasteiger partial charge < -0.3 is 14.1 Å². The van der Waals surface area contributed by atoms with Crippen LogP contribution in [-0.2, 0) is 10.8 Å². The van der Waals surface area contributed by atoms with Gasteiger partial charge in [0.1, 0.15) is 5.75 Å². The van der Waals surface area contributed by atoms with Gasteiger partial charge in [0.25, 0.3) is 0 Å². The van der Waals surface area contributed by atoms with E-state index in [0.29, 0.717) is 0 Å². The van der Waals surface area contributed by atoms with E-state index in [1.165, 1.54) is 60.8 Å². The summed E-state index contributed by atoms with van der Waals surface area (Å²) in [6.45, 7) is 13.5. The van der Waals surface area contributed by atoms with Crippen LogP contribution in [0.15, 0.2) is 127 Å².